The molecule has 0 bridgehead atoms. The van der Waals surface area contributed by atoms with Crippen molar-refractivity contribution in [2.75, 3.05) is 11.9 Å². The zero-order valence-corrected chi connectivity index (χ0v) is 15.7. The first kappa shape index (κ1) is 20.0. The first-order valence-electron chi connectivity index (χ1n) is 9.27. The van der Waals surface area contributed by atoms with E-state index in [9.17, 15) is 13.2 Å². The first-order valence-corrected chi connectivity index (χ1v) is 9.27. The summed E-state index contributed by atoms with van der Waals surface area (Å²) in [6.45, 7) is 2.38. The summed E-state index contributed by atoms with van der Waals surface area (Å²) in [6, 6.07) is 13.9. The fraction of sp³-hybridized carbons (Fsp3) is 0.381. The van der Waals surface area contributed by atoms with E-state index in [4.69, 9.17) is 10.5 Å². The molecule has 3 rings (SSSR count). The number of aryl methyl sites for hydroxylation is 3. The molecule has 0 spiro atoms. The van der Waals surface area contributed by atoms with Crippen LogP contribution in [0.2, 0.25) is 0 Å². The van der Waals surface area contributed by atoms with E-state index in [0.717, 1.165) is 35.3 Å². The number of anilines is 2. The highest BCUT2D eigenvalue weighted by atomic mass is 19.4. The van der Waals surface area contributed by atoms with Crippen LogP contribution in [0, 0.1) is 6.92 Å². The molecule has 0 radical (unpaired) electrons. The Morgan fingerprint density at radius 3 is 2.43 bits per heavy atom. The summed E-state index contributed by atoms with van der Waals surface area (Å²) in [5.74, 6) is 0. The Hall–Kier alpha value is -2.70. The lowest BCUT2D eigenvalue weighted by molar-refractivity contribution is -0.134. The summed E-state index contributed by atoms with van der Waals surface area (Å²) in [5.41, 5.74) is 10.1. The van der Waals surface area contributed by atoms with Crippen LogP contribution in [0.3, 0.4) is 0 Å². The van der Waals surface area contributed by atoms with E-state index in [-0.39, 0.29) is 18.5 Å². The van der Waals surface area contributed by atoms with Crippen molar-refractivity contribution < 1.29 is 17.9 Å². The van der Waals surface area contributed by atoms with Gasteiger partial charge in [0.15, 0.2) is 0 Å². The predicted octanol–water partition coefficient (Wildman–Crippen LogP) is 4.88. The van der Waals surface area contributed by atoms with Crippen molar-refractivity contribution in [3.8, 4) is 0 Å². The highest BCUT2D eigenvalue weighted by Crippen LogP contribution is 2.26. The lowest BCUT2D eigenvalue weighted by Crippen LogP contribution is -2.10. The third-order valence-electron chi connectivity index (χ3n) is 4.76. The molecule has 28 heavy (non-hydrogen) atoms. The van der Waals surface area contributed by atoms with Crippen LogP contribution >= 0.6 is 0 Å². The molecular weight excluding hydrogens is 367 g/mol. The van der Waals surface area contributed by atoms with E-state index in [2.05, 4.69) is 22.4 Å². The molecule has 0 unspecified atom stereocenters. The van der Waals surface area contributed by atoms with Crippen LogP contribution < -0.4 is 11.1 Å². The molecule has 3 N–H and O–H groups in total. The van der Waals surface area contributed by atoms with Gasteiger partial charge in [0.2, 0.25) is 0 Å². The summed E-state index contributed by atoms with van der Waals surface area (Å²) in [7, 11) is 0. The van der Waals surface area contributed by atoms with Crippen molar-refractivity contribution in [2.24, 2.45) is 10.7 Å². The van der Waals surface area contributed by atoms with Gasteiger partial charge < -0.3 is 15.8 Å². The number of rotatable bonds is 7. The zero-order valence-electron chi connectivity index (χ0n) is 15.7. The molecule has 4 nitrogen and oxygen atoms in total. The average Bonchev–Trinajstić information content (AvgIpc) is 3.05. The molecule has 2 aromatic carbocycles. The quantitative estimate of drug-likeness (QED) is 0.707. The van der Waals surface area contributed by atoms with Gasteiger partial charge in [0.25, 0.3) is 6.02 Å². The zero-order chi connectivity index (χ0) is 20.1. The van der Waals surface area contributed by atoms with E-state index < -0.39 is 12.6 Å². The molecule has 0 aliphatic carbocycles. The van der Waals surface area contributed by atoms with E-state index in [0.29, 0.717) is 6.61 Å². The molecule has 1 heterocycles. The molecule has 7 heteroatoms. The van der Waals surface area contributed by atoms with Gasteiger partial charge in [0, 0.05) is 17.8 Å². The van der Waals surface area contributed by atoms with E-state index in [1.807, 2.05) is 31.2 Å². The highest BCUT2D eigenvalue weighted by molar-refractivity contribution is 5.73. The molecule has 1 aliphatic rings. The summed E-state index contributed by atoms with van der Waals surface area (Å²) < 4.78 is 42.4. The number of aliphatic imine (C=N–C) groups is 1. The van der Waals surface area contributed by atoms with Gasteiger partial charge in [0.1, 0.15) is 6.61 Å². The third-order valence-corrected chi connectivity index (χ3v) is 4.76. The third kappa shape index (κ3) is 5.90. The van der Waals surface area contributed by atoms with Crippen molar-refractivity contribution >= 4 is 17.4 Å². The summed E-state index contributed by atoms with van der Waals surface area (Å²) in [4.78, 5) is 4.22. The Morgan fingerprint density at radius 1 is 1.11 bits per heavy atom. The molecule has 1 aliphatic heterocycles. The van der Waals surface area contributed by atoms with Gasteiger partial charge in [0.05, 0.1) is 6.04 Å². The molecule has 0 fully saturated rings. The maximum Gasteiger partial charge on any atom is 0.389 e. The number of halogens is 3. The number of hydrogen-bond acceptors (Lipinski definition) is 4. The Kier molecular flexibility index (Phi) is 6.11. The van der Waals surface area contributed by atoms with Crippen LogP contribution in [-0.4, -0.2) is 24.8 Å². The van der Waals surface area contributed by atoms with Crippen molar-refractivity contribution in [1.82, 2.24) is 0 Å². The lowest BCUT2D eigenvalue weighted by Gasteiger charge is -2.12. The minimum absolute atomic E-state index is 0.00599. The average molecular weight is 391 g/mol. The smallest absolute Gasteiger partial charge is 0.389 e. The molecule has 2 aromatic rings. The number of ether oxygens (including phenoxy) is 1. The Bertz CT molecular complexity index is 832. The van der Waals surface area contributed by atoms with Crippen LogP contribution in [0.4, 0.5) is 24.5 Å². The highest BCUT2D eigenvalue weighted by Gasteiger charge is 2.26. The largest absolute Gasteiger partial charge is 0.463 e. The van der Waals surface area contributed by atoms with Crippen LogP contribution in [-0.2, 0) is 17.6 Å². The predicted molar refractivity (Wildman–Crippen MR) is 105 cm³/mol. The fourth-order valence-corrected chi connectivity index (χ4v) is 3.17. The SMILES string of the molecule is Cc1cc(Nc2ccc(CC[C@H]3COC(N)=N3)cc2)ccc1CCC(F)(F)F. The normalized spacial score (nSPS) is 16.6. The Balaban J connectivity index is 1.54. The van der Waals surface area contributed by atoms with E-state index >= 15 is 0 Å². The van der Waals surface area contributed by atoms with Crippen LogP contribution in [0.15, 0.2) is 47.5 Å². The topological polar surface area (TPSA) is 59.6 Å². The van der Waals surface area contributed by atoms with Crippen LogP contribution in [0.5, 0.6) is 0 Å². The second-order valence-corrected chi connectivity index (χ2v) is 7.05. The summed E-state index contributed by atoms with van der Waals surface area (Å²) >= 11 is 0. The number of benzene rings is 2. The first-order chi connectivity index (χ1) is 13.3. The minimum atomic E-state index is -4.13. The van der Waals surface area contributed by atoms with E-state index in [1.165, 1.54) is 5.56 Å². The van der Waals surface area contributed by atoms with Gasteiger partial charge in [-0.2, -0.15) is 13.2 Å². The van der Waals surface area contributed by atoms with Gasteiger partial charge in [-0.1, -0.05) is 18.2 Å². The van der Waals surface area contributed by atoms with E-state index in [1.54, 1.807) is 6.07 Å². The summed E-state index contributed by atoms with van der Waals surface area (Å²) in [6.07, 6.45) is -3.15. The maximum absolute atomic E-state index is 12.4. The van der Waals surface area contributed by atoms with Crippen molar-refractivity contribution in [2.45, 2.75) is 44.8 Å². The van der Waals surface area contributed by atoms with Gasteiger partial charge in [-0.15, -0.1) is 0 Å². The Morgan fingerprint density at radius 2 is 1.82 bits per heavy atom. The molecular formula is C21H24F3N3O. The second kappa shape index (κ2) is 8.54. The number of nitrogens with two attached hydrogens (primary N) is 1. The summed E-state index contributed by atoms with van der Waals surface area (Å²) in [5, 5.41) is 3.29. The molecule has 0 saturated heterocycles. The molecule has 0 saturated carbocycles. The molecule has 150 valence electrons. The Labute approximate surface area is 162 Å². The monoisotopic (exact) mass is 391 g/mol. The maximum atomic E-state index is 12.4. The number of hydrogen-bond donors (Lipinski definition) is 2. The van der Waals surface area contributed by atoms with Gasteiger partial charge in [-0.3, -0.25) is 0 Å². The van der Waals surface area contributed by atoms with Crippen LogP contribution in [0.25, 0.3) is 0 Å². The van der Waals surface area contributed by atoms with Gasteiger partial charge in [-0.05, 0) is 67.1 Å². The second-order valence-electron chi connectivity index (χ2n) is 7.05. The molecule has 1 atom stereocenters. The number of nitrogens with one attached hydrogen (secondary N) is 1. The lowest BCUT2D eigenvalue weighted by atomic mass is 10.0. The number of nitrogens with zero attached hydrogens (tertiary/aromatic N) is 1. The van der Waals surface area contributed by atoms with Gasteiger partial charge in [-0.25, -0.2) is 4.99 Å². The number of amidine groups is 1. The fourth-order valence-electron chi connectivity index (χ4n) is 3.17. The molecule has 0 amide bonds. The van der Waals surface area contributed by atoms with Crippen LogP contribution in [0.1, 0.15) is 29.5 Å². The number of alkyl halides is 3. The van der Waals surface area contributed by atoms with Crippen molar-refractivity contribution in [3.63, 3.8) is 0 Å². The molecule has 0 aromatic heterocycles. The van der Waals surface area contributed by atoms with Crippen molar-refractivity contribution in [1.29, 1.82) is 0 Å². The standard InChI is InChI=1S/C21H24F3N3O/c1-14-12-18(9-5-16(14)10-11-21(22,23)24)26-17-6-2-15(3-7-17)4-8-19-13-28-20(25)27-19/h2-3,5-7,9,12,19,26H,4,8,10-11,13H2,1H3,(H2,25,27)/t19-/m0/s1. The van der Waals surface area contributed by atoms with Gasteiger partial charge >= 0.3 is 6.18 Å². The minimum Gasteiger partial charge on any atom is -0.463 e. The van der Waals surface area contributed by atoms with Crippen molar-refractivity contribution in [3.05, 3.63) is 59.2 Å².